The maximum Gasteiger partial charge on any atom is 0.573 e. The highest BCUT2D eigenvalue weighted by molar-refractivity contribution is 5.57. The molecule has 6 heteroatoms. The maximum absolute atomic E-state index is 12.4. The van der Waals surface area contributed by atoms with E-state index in [9.17, 15) is 13.2 Å². The molecule has 0 spiro atoms. The second-order valence-corrected chi connectivity index (χ2v) is 5.68. The summed E-state index contributed by atoms with van der Waals surface area (Å²) in [5, 5.41) is 3.26. The van der Waals surface area contributed by atoms with Gasteiger partial charge < -0.3 is 10.1 Å². The lowest BCUT2D eigenvalue weighted by Gasteiger charge is -2.33. The first kappa shape index (κ1) is 14.5. The quantitative estimate of drug-likeness (QED) is 0.922. The van der Waals surface area contributed by atoms with E-state index >= 15 is 0 Å². The minimum atomic E-state index is -4.66. The van der Waals surface area contributed by atoms with Gasteiger partial charge in [-0.2, -0.15) is 0 Å². The van der Waals surface area contributed by atoms with Crippen LogP contribution in [0.5, 0.6) is 5.75 Å². The number of anilines is 1. The summed E-state index contributed by atoms with van der Waals surface area (Å²) in [6.45, 7) is 2.12. The van der Waals surface area contributed by atoms with Crippen molar-refractivity contribution in [3.8, 4) is 5.75 Å². The van der Waals surface area contributed by atoms with Gasteiger partial charge in [-0.05, 0) is 37.9 Å². The first-order valence-electron chi connectivity index (χ1n) is 7.38. The summed E-state index contributed by atoms with van der Waals surface area (Å²) < 4.78 is 41.4. The van der Waals surface area contributed by atoms with Crippen molar-refractivity contribution in [3.05, 3.63) is 24.3 Å². The van der Waals surface area contributed by atoms with Crippen LogP contribution in [0.4, 0.5) is 18.9 Å². The van der Waals surface area contributed by atoms with Crippen LogP contribution in [0.25, 0.3) is 0 Å². The van der Waals surface area contributed by atoms with Gasteiger partial charge in [0.05, 0.1) is 5.69 Å². The van der Waals surface area contributed by atoms with Gasteiger partial charge in [0.1, 0.15) is 0 Å². The fraction of sp³-hybridized carbons (Fsp3) is 0.600. The van der Waals surface area contributed by atoms with Gasteiger partial charge in [0.2, 0.25) is 0 Å². The molecule has 1 N–H and O–H groups in total. The van der Waals surface area contributed by atoms with Crippen LogP contribution in [0.1, 0.15) is 25.7 Å². The summed E-state index contributed by atoms with van der Waals surface area (Å²) in [7, 11) is 0. The largest absolute Gasteiger partial charge is 0.573 e. The number of rotatable bonds is 3. The van der Waals surface area contributed by atoms with Crippen LogP contribution < -0.4 is 10.1 Å². The summed E-state index contributed by atoms with van der Waals surface area (Å²) in [5.41, 5.74) is 0.423. The molecule has 0 amide bonds. The van der Waals surface area contributed by atoms with Gasteiger partial charge >= 0.3 is 6.36 Å². The smallest absolute Gasteiger partial charge is 0.404 e. The van der Waals surface area contributed by atoms with Crippen molar-refractivity contribution in [2.75, 3.05) is 18.4 Å². The number of hydrogen-bond acceptors (Lipinski definition) is 3. The van der Waals surface area contributed by atoms with Crippen molar-refractivity contribution in [1.82, 2.24) is 4.90 Å². The molecule has 0 radical (unpaired) electrons. The van der Waals surface area contributed by atoms with Crippen molar-refractivity contribution in [1.29, 1.82) is 0 Å². The van der Waals surface area contributed by atoms with Gasteiger partial charge in [0.25, 0.3) is 0 Å². The van der Waals surface area contributed by atoms with Crippen LogP contribution in [0.2, 0.25) is 0 Å². The van der Waals surface area contributed by atoms with E-state index in [0.29, 0.717) is 11.7 Å². The SMILES string of the molecule is FC(F)(F)Oc1ccccc1NC1CCN2CCCCC12. The first-order valence-corrected chi connectivity index (χ1v) is 7.38. The number of benzene rings is 1. The van der Waals surface area contributed by atoms with Gasteiger partial charge in [-0.25, -0.2) is 0 Å². The van der Waals surface area contributed by atoms with E-state index in [1.54, 1.807) is 18.2 Å². The zero-order valence-corrected chi connectivity index (χ0v) is 11.7. The molecule has 2 aliphatic heterocycles. The van der Waals surface area contributed by atoms with Crippen molar-refractivity contribution < 1.29 is 17.9 Å². The third kappa shape index (κ3) is 3.43. The molecule has 3 rings (SSSR count). The first-order chi connectivity index (χ1) is 10.0. The Hall–Kier alpha value is -1.43. The van der Waals surface area contributed by atoms with E-state index in [2.05, 4.69) is 15.0 Å². The fourth-order valence-corrected chi connectivity index (χ4v) is 3.42. The number of fused-ring (bicyclic) bond motifs is 1. The summed E-state index contributed by atoms with van der Waals surface area (Å²) in [4.78, 5) is 2.44. The Morgan fingerprint density at radius 3 is 2.71 bits per heavy atom. The molecule has 0 aliphatic carbocycles. The third-order valence-corrected chi connectivity index (χ3v) is 4.31. The van der Waals surface area contributed by atoms with Gasteiger partial charge in [0, 0.05) is 18.6 Å². The predicted molar refractivity (Wildman–Crippen MR) is 74.4 cm³/mol. The van der Waals surface area contributed by atoms with E-state index in [0.717, 1.165) is 25.9 Å². The molecular weight excluding hydrogens is 281 g/mol. The molecule has 0 aromatic heterocycles. The van der Waals surface area contributed by atoms with Crippen molar-refractivity contribution in [2.45, 2.75) is 44.1 Å². The number of para-hydroxylation sites is 2. The Kier molecular flexibility index (Phi) is 3.97. The highest BCUT2D eigenvalue weighted by atomic mass is 19.4. The standard InChI is InChI=1S/C15H19F3N2O/c16-15(17,18)21-14-7-2-1-5-12(14)19-11-8-10-20-9-4-3-6-13(11)20/h1-2,5,7,11,13,19H,3-4,6,8-10H2. The maximum atomic E-state index is 12.4. The highest BCUT2D eigenvalue weighted by Crippen LogP contribution is 2.34. The van der Waals surface area contributed by atoms with Crippen LogP contribution >= 0.6 is 0 Å². The number of nitrogens with one attached hydrogen (secondary N) is 1. The summed E-state index contributed by atoms with van der Waals surface area (Å²) >= 11 is 0. The number of piperidine rings is 1. The van der Waals surface area contributed by atoms with Gasteiger partial charge in [-0.1, -0.05) is 18.6 Å². The van der Waals surface area contributed by atoms with Crippen LogP contribution in [-0.2, 0) is 0 Å². The molecule has 2 aliphatic rings. The summed E-state index contributed by atoms with van der Waals surface area (Å²) in [5.74, 6) is -0.153. The fourth-order valence-electron chi connectivity index (χ4n) is 3.42. The molecule has 0 saturated carbocycles. The molecule has 2 unspecified atom stereocenters. The van der Waals surface area contributed by atoms with E-state index in [-0.39, 0.29) is 11.8 Å². The van der Waals surface area contributed by atoms with E-state index < -0.39 is 6.36 Å². The lowest BCUT2D eigenvalue weighted by molar-refractivity contribution is -0.274. The Morgan fingerprint density at radius 1 is 1.10 bits per heavy atom. The van der Waals surface area contributed by atoms with Crippen LogP contribution in [0, 0.1) is 0 Å². The Bertz CT molecular complexity index is 492. The van der Waals surface area contributed by atoms with Gasteiger partial charge in [-0.3, -0.25) is 4.90 Å². The molecule has 2 atom stereocenters. The predicted octanol–water partition coefficient (Wildman–Crippen LogP) is 3.62. The normalized spacial score (nSPS) is 26.4. The zero-order chi connectivity index (χ0) is 14.9. The number of ether oxygens (including phenoxy) is 1. The molecule has 2 fully saturated rings. The molecule has 0 bridgehead atoms. The molecule has 116 valence electrons. The number of nitrogens with zero attached hydrogens (tertiary/aromatic N) is 1. The number of halogens is 3. The Morgan fingerprint density at radius 2 is 1.90 bits per heavy atom. The molecular formula is C15H19F3N2O. The molecule has 2 saturated heterocycles. The second kappa shape index (κ2) is 5.75. The molecule has 21 heavy (non-hydrogen) atoms. The molecule has 1 aromatic rings. The monoisotopic (exact) mass is 300 g/mol. The minimum Gasteiger partial charge on any atom is -0.404 e. The number of alkyl halides is 3. The van der Waals surface area contributed by atoms with E-state index in [1.165, 1.54) is 18.9 Å². The summed E-state index contributed by atoms with van der Waals surface area (Å²) in [6, 6.07) is 6.89. The molecule has 3 nitrogen and oxygen atoms in total. The van der Waals surface area contributed by atoms with Crippen LogP contribution in [0.15, 0.2) is 24.3 Å². The minimum absolute atomic E-state index is 0.153. The summed E-state index contributed by atoms with van der Waals surface area (Å²) in [6.07, 6.45) is -0.174. The Labute approximate surface area is 122 Å². The second-order valence-electron chi connectivity index (χ2n) is 5.68. The average Bonchev–Trinajstić information content (AvgIpc) is 2.83. The molecule has 2 heterocycles. The highest BCUT2D eigenvalue weighted by Gasteiger charge is 2.36. The van der Waals surface area contributed by atoms with Crippen LogP contribution in [-0.4, -0.2) is 36.4 Å². The Balaban J connectivity index is 1.73. The van der Waals surface area contributed by atoms with Gasteiger partial charge in [0.15, 0.2) is 5.75 Å². The topological polar surface area (TPSA) is 24.5 Å². The zero-order valence-electron chi connectivity index (χ0n) is 11.7. The van der Waals surface area contributed by atoms with Gasteiger partial charge in [-0.15, -0.1) is 13.2 Å². The van der Waals surface area contributed by atoms with Crippen molar-refractivity contribution >= 4 is 5.69 Å². The van der Waals surface area contributed by atoms with Crippen molar-refractivity contribution in [2.24, 2.45) is 0 Å². The van der Waals surface area contributed by atoms with Crippen molar-refractivity contribution in [3.63, 3.8) is 0 Å². The number of hydrogen-bond donors (Lipinski definition) is 1. The lowest BCUT2D eigenvalue weighted by Crippen LogP contribution is -2.41. The average molecular weight is 300 g/mol. The van der Waals surface area contributed by atoms with E-state index in [4.69, 9.17) is 0 Å². The van der Waals surface area contributed by atoms with E-state index in [1.807, 2.05) is 0 Å². The van der Waals surface area contributed by atoms with Crippen LogP contribution in [0.3, 0.4) is 0 Å². The lowest BCUT2D eigenvalue weighted by atomic mass is 9.99. The third-order valence-electron chi connectivity index (χ3n) is 4.31. The molecule has 1 aromatic carbocycles.